The minimum atomic E-state index is -1.03. The van der Waals surface area contributed by atoms with Crippen molar-refractivity contribution >= 4 is 35.6 Å². The van der Waals surface area contributed by atoms with Gasteiger partial charge in [-0.2, -0.15) is 23.5 Å². The lowest BCUT2D eigenvalue weighted by Crippen LogP contribution is -2.41. The van der Waals surface area contributed by atoms with Crippen LogP contribution in [0.1, 0.15) is 25.3 Å². The number of aliphatic carboxylic acids is 1. The van der Waals surface area contributed by atoms with Crippen molar-refractivity contribution < 1.29 is 19.4 Å². The molecule has 0 saturated carbocycles. The third-order valence-electron chi connectivity index (χ3n) is 3.14. The Balaban J connectivity index is 2.22. The fourth-order valence-corrected chi connectivity index (χ4v) is 3.65. The summed E-state index contributed by atoms with van der Waals surface area (Å²) in [6.45, 7) is 2.26. The molecule has 0 saturated heterocycles. The minimum Gasteiger partial charge on any atom is -0.480 e. The second-order valence-electron chi connectivity index (χ2n) is 5.05. The van der Waals surface area contributed by atoms with Crippen LogP contribution in [0.3, 0.4) is 0 Å². The summed E-state index contributed by atoms with van der Waals surface area (Å²) < 4.78 is 5.06. The van der Waals surface area contributed by atoms with Crippen molar-refractivity contribution in [3.63, 3.8) is 0 Å². The Morgan fingerprint density at radius 1 is 1.17 bits per heavy atom. The molecule has 0 spiro atoms. The quantitative estimate of drug-likeness (QED) is 0.547. The monoisotopic (exact) mass is 371 g/mol. The van der Waals surface area contributed by atoms with Crippen LogP contribution in [0.5, 0.6) is 0 Å². The standard InChI is InChI=1S/C17H25NO4S2/c1-2-23-10-6-11-24-12-9-15(16(19)20)18-17(21)22-13-14-7-4-3-5-8-14/h3-5,7-8,15H,2,6,9-13H2,1H3,(H,18,21)(H,19,20). The Bertz CT molecular complexity index is 485. The number of amides is 1. The van der Waals surface area contributed by atoms with Crippen molar-refractivity contribution in [2.75, 3.05) is 23.0 Å². The number of carboxylic acid groups (broad SMARTS) is 1. The van der Waals surface area contributed by atoms with E-state index in [1.807, 2.05) is 42.1 Å². The maximum absolute atomic E-state index is 11.7. The maximum atomic E-state index is 11.7. The van der Waals surface area contributed by atoms with Gasteiger partial charge in [0.25, 0.3) is 0 Å². The van der Waals surface area contributed by atoms with Gasteiger partial charge in [0, 0.05) is 0 Å². The Morgan fingerprint density at radius 3 is 2.54 bits per heavy atom. The molecule has 1 amide bonds. The first-order chi connectivity index (χ1) is 11.6. The molecular formula is C17H25NO4S2. The van der Waals surface area contributed by atoms with Crippen LogP contribution in [-0.4, -0.2) is 46.2 Å². The molecule has 134 valence electrons. The van der Waals surface area contributed by atoms with Crippen LogP contribution < -0.4 is 5.32 Å². The van der Waals surface area contributed by atoms with Crippen LogP contribution in [0.25, 0.3) is 0 Å². The van der Waals surface area contributed by atoms with Gasteiger partial charge in [0.1, 0.15) is 12.6 Å². The predicted octanol–water partition coefficient (Wildman–Crippen LogP) is 3.63. The van der Waals surface area contributed by atoms with E-state index in [1.54, 1.807) is 11.8 Å². The number of thioether (sulfide) groups is 2. The van der Waals surface area contributed by atoms with Crippen LogP contribution in [0.15, 0.2) is 30.3 Å². The summed E-state index contributed by atoms with van der Waals surface area (Å²) in [5, 5.41) is 11.6. The smallest absolute Gasteiger partial charge is 0.408 e. The Hall–Kier alpha value is -1.34. The van der Waals surface area contributed by atoms with E-state index in [4.69, 9.17) is 4.74 Å². The zero-order valence-electron chi connectivity index (χ0n) is 13.9. The van der Waals surface area contributed by atoms with Crippen molar-refractivity contribution in [2.45, 2.75) is 32.4 Å². The third-order valence-corrected chi connectivity index (χ3v) is 5.22. The Kier molecular flexibility index (Phi) is 11.2. The van der Waals surface area contributed by atoms with E-state index in [0.29, 0.717) is 12.2 Å². The van der Waals surface area contributed by atoms with Gasteiger partial charge < -0.3 is 15.2 Å². The van der Waals surface area contributed by atoms with Crippen molar-refractivity contribution in [2.24, 2.45) is 0 Å². The van der Waals surface area contributed by atoms with Crippen LogP contribution in [-0.2, 0) is 16.1 Å². The summed E-state index contributed by atoms with van der Waals surface area (Å²) in [5.41, 5.74) is 0.861. The van der Waals surface area contributed by atoms with Crippen molar-refractivity contribution in [1.29, 1.82) is 0 Å². The van der Waals surface area contributed by atoms with E-state index in [2.05, 4.69) is 12.2 Å². The third kappa shape index (κ3) is 9.72. The highest BCUT2D eigenvalue weighted by molar-refractivity contribution is 8.00. The fraction of sp³-hybridized carbons (Fsp3) is 0.529. The molecular weight excluding hydrogens is 346 g/mol. The first kappa shape index (κ1) is 20.7. The summed E-state index contributed by atoms with van der Waals surface area (Å²) in [5.74, 6) is 2.94. The summed E-state index contributed by atoms with van der Waals surface area (Å²) in [6.07, 6.45) is 0.810. The van der Waals surface area contributed by atoms with Gasteiger partial charge >= 0.3 is 12.1 Å². The molecule has 1 aromatic carbocycles. The molecule has 24 heavy (non-hydrogen) atoms. The van der Waals surface area contributed by atoms with E-state index in [9.17, 15) is 14.7 Å². The lowest BCUT2D eigenvalue weighted by molar-refractivity contribution is -0.139. The maximum Gasteiger partial charge on any atom is 0.408 e. The SMILES string of the molecule is CCSCCCSCCC(NC(=O)OCc1ccccc1)C(=O)O. The first-order valence-corrected chi connectivity index (χ1v) is 10.3. The van der Waals surface area contributed by atoms with Gasteiger partial charge in [-0.3, -0.25) is 0 Å². The number of nitrogens with one attached hydrogen (secondary N) is 1. The Morgan fingerprint density at radius 2 is 1.88 bits per heavy atom. The number of rotatable bonds is 12. The zero-order chi connectivity index (χ0) is 17.6. The highest BCUT2D eigenvalue weighted by atomic mass is 32.2. The zero-order valence-corrected chi connectivity index (χ0v) is 15.5. The molecule has 0 aliphatic carbocycles. The Labute approximate surface area is 151 Å². The lowest BCUT2D eigenvalue weighted by Gasteiger charge is -2.14. The molecule has 7 heteroatoms. The molecule has 2 N–H and O–H groups in total. The van der Waals surface area contributed by atoms with E-state index in [-0.39, 0.29) is 6.61 Å². The molecule has 1 unspecified atom stereocenters. The van der Waals surface area contributed by atoms with Crippen LogP contribution in [0.2, 0.25) is 0 Å². The second kappa shape index (κ2) is 13.0. The van der Waals surface area contributed by atoms with Gasteiger partial charge in [-0.05, 0) is 41.4 Å². The number of carboxylic acids is 1. The van der Waals surface area contributed by atoms with Gasteiger partial charge in [0.05, 0.1) is 0 Å². The molecule has 0 aliphatic rings. The second-order valence-corrected chi connectivity index (χ2v) is 7.67. The number of carbonyl (C=O) groups excluding carboxylic acids is 1. The van der Waals surface area contributed by atoms with Crippen molar-refractivity contribution in [3.8, 4) is 0 Å². The highest BCUT2D eigenvalue weighted by Crippen LogP contribution is 2.10. The summed E-state index contributed by atoms with van der Waals surface area (Å²) in [4.78, 5) is 23.0. The average molecular weight is 372 g/mol. The van der Waals surface area contributed by atoms with E-state index in [0.717, 1.165) is 29.2 Å². The molecule has 1 aromatic rings. The molecule has 0 bridgehead atoms. The van der Waals surface area contributed by atoms with Gasteiger partial charge in [-0.15, -0.1) is 0 Å². The van der Waals surface area contributed by atoms with E-state index in [1.165, 1.54) is 0 Å². The number of hydrogen-bond acceptors (Lipinski definition) is 5. The number of carbonyl (C=O) groups is 2. The summed E-state index contributed by atoms with van der Waals surface area (Å²) >= 11 is 3.63. The fourth-order valence-electron chi connectivity index (χ4n) is 1.88. The number of benzene rings is 1. The largest absolute Gasteiger partial charge is 0.480 e. The molecule has 0 aliphatic heterocycles. The average Bonchev–Trinajstić information content (AvgIpc) is 2.59. The summed E-state index contributed by atoms with van der Waals surface area (Å²) in [7, 11) is 0. The molecule has 5 nitrogen and oxygen atoms in total. The van der Waals surface area contributed by atoms with Crippen LogP contribution >= 0.6 is 23.5 Å². The van der Waals surface area contributed by atoms with Crippen molar-refractivity contribution in [3.05, 3.63) is 35.9 Å². The molecule has 0 aromatic heterocycles. The lowest BCUT2D eigenvalue weighted by atomic mass is 10.2. The molecule has 0 radical (unpaired) electrons. The first-order valence-electron chi connectivity index (χ1n) is 7.99. The molecule has 0 fully saturated rings. The van der Waals surface area contributed by atoms with Gasteiger partial charge in [0.2, 0.25) is 0 Å². The number of hydrogen-bond donors (Lipinski definition) is 2. The van der Waals surface area contributed by atoms with Gasteiger partial charge in [-0.25, -0.2) is 9.59 Å². The normalized spacial score (nSPS) is 11.7. The van der Waals surface area contributed by atoms with Gasteiger partial charge in [0.15, 0.2) is 0 Å². The topological polar surface area (TPSA) is 75.6 Å². The van der Waals surface area contributed by atoms with E-state index < -0.39 is 18.1 Å². The summed E-state index contributed by atoms with van der Waals surface area (Å²) in [6, 6.07) is 8.36. The van der Waals surface area contributed by atoms with E-state index >= 15 is 0 Å². The van der Waals surface area contributed by atoms with Crippen molar-refractivity contribution in [1.82, 2.24) is 5.32 Å². The van der Waals surface area contributed by atoms with Crippen LogP contribution in [0.4, 0.5) is 4.79 Å². The minimum absolute atomic E-state index is 0.128. The predicted molar refractivity (Wildman–Crippen MR) is 101 cm³/mol. The molecule has 1 rings (SSSR count). The van der Waals surface area contributed by atoms with Gasteiger partial charge in [-0.1, -0.05) is 37.3 Å². The molecule has 1 atom stereocenters. The molecule has 0 heterocycles. The van der Waals surface area contributed by atoms with Crippen LogP contribution in [0, 0.1) is 0 Å². The number of alkyl carbamates (subject to hydrolysis) is 1. The highest BCUT2D eigenvalue weighted by Gasteiger charge is 2.20. The number of ether oxygens (including phenoxy) is 1.